The molecular weight excluding hydrogens is 136 g/mol. The van der Waals surface area contributed by atoms with Gasteiger partial charge in [0.05, 0.1) is 12.5 Å². The Morgan fingerprint density at radius 3 is 2.45 bits per heavy atom. The molecule has 0 rings (SSSR count). The van der Waals surface area contributed by atoms with Gasteiger partial charge in [-0.3, -0.25) is 0 Å². The maximum atomic E-state index is 8.36. The van der Waals surface area contributed by atoms with Crippen LogP contribution in [0.25, 0.3) is 0 Å². The van der Waals surface area contributed by atoms with Crippen LogP contribution in [0.4, 0.5) is 0 Å². The Labute approximate surface area is 69.6 Å². The fraction of sp³-hybridized carbons (Fsp3) is 0.889. The van der Waals surface area contributed by atoms with E-state index in [0.29, 0.717) is 12.5 Å². The maximum Gasteiger partial charge on any atom is 0.0638 e. The zero-order valence-electron chi connectivity index (χ0n) is 7.72. The predicted octanol–water partition coefficient (Wildman–Crippen LogP) is 1.92. The highest BCUT2D eigenvalue weighted by Gasteiger charge is 1.99. The van der Waals surface area contributed by atoms with Gasteiger partial charge in [-0.25, -0.2) is 0 Å². The Morgan fingerprint density at radius 2 is 2.00 bits per heavy atom. The summed E-state index contributed by atoms with van der Waals surface area (Å²) >= 11 is 0. The highest BCUT2D eigenvalue weighted by Crippen LogP contribution is 1.97. The van der Waals surface area contributed by atoms with Gasteiger partial charge in [0, 0.05) is 6.04 Å². The molecule has 11 heavy (non-hydrogen) atoms. The van der Waals surface area contributed by atoms with Crippen molar-refractivity contribution >= 4 is 0 Å². The first-order valence-corrected chi connectivity index (χ1v) is 4.27. The summed E-state index contributed by atoms with van der Waals surface area (Å²) in [6, 6.07) is 2.49. The normalized spacial score (nSPS) is 13.0. The van der Waals surface area contributed by atoms with Crippen molar-refractivity contribution < 1.29 is 0 Å². The van der Waals surface area contributed by atoms with E-state index in [1.54, 1.807) is 0 Å². The van der Waals surface area contributed by atoms with Gasteiger partial charge in [-0.2, -0.15) is 5.26 Å². The minimum atomic E-state index is 0.346. The predicted molar refractivity (Wildman–Crippen MR) is 47.1 cm³/mol. The summed E-state index contributed by atoms with van der Waals surface area (Å²) < 4.78 is 0. The van der Waals surface area contributed by atoms with Crippen molar-refractivity contribution in [2.75, 3.05) is 6.54 Å². The summed E-state index contributed by atoms with van der Waals surface area (Å²) in [4.78, 5) is 0. The van der Waals surface area contributed by atoms with Crippen LogP contribution in [-0.4, -0.2) is 12.6 Å². The number of nitrogens with zero attached hydrogens (tertiary/aromatic N) is 1. The lowest BCUT2D eigenvalue weighted by Crippen LogP contribution is -2.27. The Bertz CT molecular complexity index is 124. The minimum Gasteiger partial charge on any atom is -0.313 e. The molecule has 1 unspecified atom stereocenters. The maximum absolute atomic E-state index is 8.36. The molecule has 0 aromatic carbocycles. The van der Waals surface area contributed by atoms with E-state index in [2.05, 4.69) is 25.2 Å². The topological polar surface area (TPSA) is 35.8 Å². The van der Waals surface area contributed by atoms with Gasteiger partial charge in [0.15, 0.2) is 0 Å². The van der Waals surface area contributed by atoms with Gasteiger partial charge in [0.25, 0.3) is 0 Å². The summed E-state index contributed by atoms with van der Waals surface area (Å²) in [6.45, 7) is 7.48. The van der Waals surface area contributed by atoms with Crippen molar-refractivity contribution in [2.24, 2.45) is 5.92 Å². The van der Waals surface area contributed by atoms with E-state index in [9.17, 15) is 0 Å². The molecule has 0 radical (unpaired) electrons. The monoisotopic (exact) mass is 154 g/mol. The van der Waals surface area contributed by atoms with E-state index >= 15 is 0 Å². The molecule has 0 spiro atoms. The highest BCUT2D eigenvalue weighted by atomic mass is 14.9. The van der Waals surface area contributed by atoms with Crippen LogP contribution in [0.3, 0.4) is 0 Å². The molecule has 2 heteroatoms. The molecule has 1 atom stereocenters. The first-order chi connectivity index (χ1) is 5.16. The van der Waals surface area contributed by atoms with E-state index in [4.69, 9.17) is 5.26 Å². The molecule has 0 aliphatic rings. The Balaban J connectivity index is 3.18. The lowest BCUT2D eigenvalue weighted by Gasteiger charge is -2.10. The lowest BCUT2D eigenvalue weighted by atomic mass is 10.1. The molecule has 1 N–H and O–H groups in total. The van der Waals surface area contributed by atoms with E-state index in [1.807, 2.05) is 6.92 Å². The Hall–Kier alpha value is -0.550. The van der Waals surface area contributed by atoms with Crippen molar-refractivity contribution in [2.45, 2.75) is 39.7 Å². The van der Waals surface area contributed by atoms with Crippen molar-refractivity contribution in [3.05, 3.63) is 0 Å². The molecule has 0 heterocycles. The SMILES string of the molecule is CC(C)CCNC(C)CC#N. The Morgan fingerprint density at radius 1 is 1.36 bits per heavy atom. The fourth-order valence-corrected chi connectivity index (χ4v) is 0.828. The van der Waals surface area contributed by atoms with Crippen molar-refractivity contribution in [3.8, 4) is 6.07 Å². The second-order valence-corrected chi connectivity index (χ2v) is 3.40. The molecule has 0 saturated heterocycles. The number of hydrogen-bond acceptors (Lipinski definition) is 2. The van der Waals surface area contributed by atoms with Crippen molar-refractivity contribution in [1.29, 1.82) is 5.26 Å². The summed E-state index contributed by atoms with van der Waals surface area (Å²) in [5, 5.41) is 11.6. The van der Waals surface area contributed by atoms with Gasteiger partial charge >= 0.3 is 0 Å². The minimum absolute atomic E-state index is 0.346. The molecule has 0 aliphatic heterocycles. The largest absolute Gasteiger partial charge is 0.313 e. The Kier molecular flexibility index (Phi) is 5.87. The third-order valence-corrected chi connectivity index (χ3v) is 1.61. The average molecular weight is 154 g/mol. The van der Waals surface area contributed by atoms with Crippen LogP contribution in [0, 0.1) is 17.2 Å². The third-order valence-electron chi connectivity index (χ3n) is 1.61. The van der Waals surface area contributed by atoms with Crippen LogP contribution in [0.5, 0.6) is 0 Å². The van der Waals surface area contributed by atoms with Crippen LogP contribution in [0.1, 0.15) is 33.6 Å². The van der Waals surface area contributed by atoms with Gasteiger partial charge < -0.3 is 5.32 Å². The summed E-state index contributed by atoms with van der Waals surface area (Å²) in [7, 11) is 0. The van der Waals surface area contributed by atoms with Crippen LogP contribution >= 0.6 is 0 Å². The zero-order valence-corrected chi connectivity index (χ0v) is 7.72. The molecule has 2 nitrogen and oxygen atoms in total. The second-order valence-electron chi connectivity index (χ2n) is 3.40. The number of nitriles is 1. The second kappa shape index (κ2) is 6.18. The van der Waals surface area contributed by atoms with Crippen molar-refractivity contribution in [3.63, 3.8) is 0 Å². The fourth-order valence-electron chi connectivity index (χ4n) is 0.828. The molecular formula is C9H18N2. The van der Waals surface area contributed by atoms with Crippen LogP contribution < -0.4 is 5.32 Å². The van der Waals surface area contributed by atoms with Gasteiger partial charge in [0.1, 0.15) is 0 Å². The number of hydrogen-bond donors (Lipinski definition) is 1. The van der Waals surface area contributed by atoms with E-state index < -0.39 is 0 Å². The molecule has 0 aromatic heterocycles. The van der Waals surface area contributed by atoms with E-state index in [0.717, 1.165) is 12.5 Å². The summed E-state index contributed by atoms with van der Waals surface area (Å²) in [5.41, 5.74) is 0. The highest BCUT2D eigenvalue weighted by molar-refractivity contribution is 4.77. The molecule has 0 aliphatic carbocycles. The molecule has 0 aromatic rings. The third kappa shape index (κ3) is 7.35. The van der Waals surface area contributed by atoms with Crippen LogP contribution in [0.2, 0.25) is 0 Å². The van der Waals surface area contributed by atoms with Gasteiger partial charge in [-0.15, -0.1) is 0 Å². The number of nitrogens with one attached hydrogen (secondary N) is 1. The zero-order chi connectivity index (χ0) is 8.69. The van der Waals surface area contributed by atoms with Gasteiger partial charge in [-0.1, -0.05) is 13.8 Å². The molecule has 64 valence electrons. The quantitative estimate of drug-likeness (QED) is 0.656. The van der Waals surface area contributed by atoms with E-state index in [-0.39, 0.29) is 0 Å². The summed E-state index contributed by atoms with van der Waals surface area (Å²) in [5.74, 6) is 0.747. The first-order valence-electron chi connectivity index (χ1n) is 4.27. The average Bonchev–Trinajstić information content (AvgIpc) is 1.87. The smallest absolute Gasteiger partial charge is 0.0638 e. The van der Waals surface area contributed by atoms with Gasteiger partial charge in [0.2, 0.25) is 0 Å². The van der Waals surface area contributed by atoms with Crippen molar-refractivity contribution in [1.82, 2.24) is 5.32 Å². The van der Waals surface area contributed by atoms with Crippen LogP contribution in [0.15, 0.2) is 0 Å². The van der Waals surface area contributed by atoms with Crippen LogP contribution in [-0.2, 0) is 0 Å². The van der Waals surface area contributed by atoms with E-state index in [1.165, 1.54) is 6.42 Å². The molecule has 0 saturated carbocycles. The summed E-state index contributed by atoms with van der Waals surface area (Å²) in [6.07, 6.45) is 1.80. The van der Waals surface area contributed by atoms with Gasteiger partial charge in [-0.05, 0) is 25.8 Å². The molecule has 0 bridgehead atoms. The number of rotatable bonds is 5. The molecule has 0 fully saturated rings. The molecule has 0 amide bonds. The first kappa shape index (κ1) is 10.4. The lowest BCUT2D eigenvalue weighted by molar-refractivity contribution is 0.491. The standard InChI is InChI=1S/C9H18N2/c1-8(2)5-7-11-9(3)4-6-10/h8-9,11H,4-5,7H2,1-3H3.